The van der Waals surface area contributed by atoms with Crippen molar-refractivity contribution in [3.8, 4) is 11.5 Å². The maximum Gasteiger partial charge on any atom is 0.237 e. The molecule has 2 rings (SSSR count). The Morgan fingerprint density at radius 1 is 1.00 bits per heavy atom. The molecule has 2 aromatic carbocycles. The quantitative estimate of drug-likeness (QED) is 0.376. The van der Waals surface area contributed by atoms with E-state index in [1.54, 1.807) is 68.8 Å². The minimum Gasteiger partial charge on any atom is -0.497 e. The van der Waals surface area contributed by atoms with E-state index in [-0.39, 0.29) is 19.5 Å². The van der Waals surface area contributed by atoms with Crippen molar-refractivity contribution in [3.05, 3.63) is 72.3 Å². The molecule has 31 heavy (non-hydrogen) atoms. The van der Waals surface area contributed by atoms with E-state index in [2.05, 4.69) is 6.58 Å². The van der Waals surface area contributed by atoms with Crippen LogP contribution in [0.1, 0.15) is 30.4 Å². The van der Waals surface area contributed by atoms with E-state index in [9.17, 15) is 13.2 Å². The number of carbonyl (C=O) groups excluding carboxylic acids is 1. The lowest BCUT2D eigenvalue weighted by Crippen LogP contribution is -2.44. The zero-order chi connectivity index (χ0) is 22.9. The van der Waals surface area contributed by atoms with Gasteiger partial charge in [-0.1, -0.05) is 30.3 Å². The first kappa shape index (κ1) is 24.4. The van der Waals surface area contributed by atoms with Crippen molar-refractivity contribution in [2.24, 2.45) is 5.73 Å². The van der Waals surface area contributed by atoms with E-state index in [1.807, 2.05) is 0 Å². The SMILES string of the molecule is C=CCCC[C@@H](C(N)=O)S(=O)(=O)N(Cc1ccc(OC)cc1)Cc1ccc(OC)cc1. The van der Waals surface area contributed by atoms with Crippen LogP contribution in [0.3, 0.4) is 0 Å². The number of allylic oxidation sites excluding steroid dienone is 1. The summed E-state index contributed by atoms with van der Waals surface area (Å²) >= 11 is 0. The highest BCUT2D eigenvalue weighted by Crippen LogP contribution is 2.23. The number of ether oxygens (including phenoxy) is 2. The minimum absolute atomic E-state index is 0.101. The number of benzene rings is 2. The number of methoxy groups -OCH3 is 2. The van der Waals surface area contributed by atoms with Gasteiger partial charge in [0.05, 0.1) is 14.2 Å². The molecular weight excluding hydrogens is 416 g/mol. The number of amides is 1. The summed E-state index contributed by atoms with van der Waals surface area (Å²) < 4.78 is 38.6. The second kappa shape index (κ2) is 11.5. The number of unbranched alkanes of at least 4 members (excludes halogenated alkanes) is 1. The Hall–Kier alpha value is -2.84. The summed E-state index contributed by atoms with van der Waals surface area (Å²) in [4.78, 5) is 12.1. The van der Waals surface area contributed by atoms with Gasteiger partial charge < -0.3 is 15.2 Å². The maximum atomic E-state index is 13.5. The molecule has 0 aliphatic carbocycles. The lowest BCUT2D eigenvalue weighted by Gasteiger charge is -2.26. The molecule has 168 valence electrons. The summed E-state index contributed by atoms with van der Waals surface area (Å²) in [5.41, 5.74) is 7.04. The van der Waals surface area contributed by atoms with Crippen molar-refractivity contribution in [2.75, 3.05) is 14.2 Å². The number of hydrogen-bond donors (Lipinski definition) is 1. The Bertz CT molecular complexity index is 907. The van der Waals surface area contributed by atoms with Gasteiger partial charge in [0.15, 0.2) is 5.25 Å². The second-order valence-electron chi connectivity index (χ2n) is 7.12. The van der Waals surface area contributed by atoms with E-state index < -0.39 is 21.2 Å². The fourth-order valence-corrected chi connectivity index (χ4v) is 4.95. The molecule has 0 unspecified atom stereocenters. The normalized spacial score (nSPS) is 12.4. The molecule has 0 aromatic heterocycles. The van der Waals surface area contributed by atoms with E-state index >= 15 is 0 Å². The summed E-state index contributed by atoms with van der Waals surface area (Å²) in [6.07, 6.45) is 2.95. The maximum absolute atomic E-state index is 13.5. The van der Waals surface area contributed by atoms with Gasteiger partial charge in [-0.2, -0.15) is 4.31 Å². The van der Waals surface area contributed by atoms with Crippen LogP contribution in [0.2, 0.25) is 0 Å². The Labute approximate surface area is 184 Å². The molecule has 0 fully saturated rings. The highest BCUT2D eigenvalue weighted by molar-refractivity contribution is 7.90. The van der Waals surface area contributed by atoms with Crippen molar-refractivity contribution < 1.29 is 22.7 Å². The first-order valence-electron chi connectivity index (χ1n) is 9.96. The van der Waals surface area contributed by atoms with Crippen molar-refractivity contribution in [2.45, 2.75) is 37.6 Å². The Kier molecular flexibility index (Phi) is 9.08. The fourth-order valence-electron chi connectivity index (χ4n) is 3.17. The average Bonchev–Trinajstić information content (AvgIpc) is 2.76. The van der Waals surface area contributed by atoms with Gasteiger partial charge >= 0.3 is 0 Å². The van der Waals surface area contributed by atoms with Gasteiger partial charge in [-0.25, -0.2) is 8.42 Å². The molecule has 2 aromatic rings. The fraction of sp³-hybridized carbons (Fsp3) is 0.348. The predicted molar refractivity (Wildman–Crippen MR) is 121 cm³/mol. The van der Waals surface area contributed by atoms with Crippen LogP contribution >= 0.6 is 0 Å². The van der Waals surface area contributed by atoms with E-state index in [4.69, 9.17) is 15.2 Å². The first-order chi connectivity index (χ1) is 14.8. The van der Waals surface area contributed by atoms with Crippen LogP contribution in [0.5, 0.6) is 11.5 Å². The molecule has 0 aliphatic heterocycles. The van der Waals surface area contributed by atoms with Gasteiger partial charge in [-0.05, 0) is 54.7 Å². The lowest BCUT2D eigenvalue weighted by atomic mass is 10.2. The monoisotopic (exact) mass is 446 g/mol. The molecule has 0 spiro atoms. The molecule has 2 N–H and O–H groups in total. The molecule has 1 amide bonds. The minimum atomic E-state index is -4.01. The summed E-state index contributed by atoms with van der Waals surface area (Å²) in [6, 6.07) is 14.3. The van der Waals surface area contributed by atoms with E-state index in [0.29, 0.717) is 24.3 Å². The van der Waals surface area contributed by atoms with Crippen LogP contribution in [0.4, 0.5) is 0 Å². The van der Waals surface area contributed by atoms with Gasteiger partial charge in [-0.3, -0.25) is 4.79 Å². The van der Waals surface area contributed by atoms with Crippen LogP contribution in [-0.2, 0) is 27.9 Å². The van der Waals surface area contributed by atoms with Crippen LogP contribution in [-0.4, -0.2) is 38.1 Å². The molecule has 7 nitrogen and oxygen atoms in total. The summed E-state index contributed by atoms with van der Waals surface area (Å²) in [7, 11) is -0.877. The average molecular weight is 447 g/mol. The van der Waals surface area contributed by atoms with Crippen molar-refractivity contribution >= 4 is 15.9 Å². The highest BCUT2D eigenvalue weighted by atomic mass is 32.2. The zero-order valence-corrected chi connectivity index (χ0v) is 18.8. The third-order valence-electron chi connectivity index (χ3n) is 4.95. The molecule has 0 aliphatic rings. The van der Waals surface area contributed by atoms with E-state index in [0.717, 1.165) is 11.1 Å². The number of rotatable bonds is 13. The van der Waals surface area contributed by atoms with Crippen LogP contribution < -0.4 is 15.2 Å². The number of primary amides is 1. The molecule has 0 saturated heterocycles. The first-order valence-corrected chi connectivity index (χ1v) is 11.5. The third kappa shape index (κ3) is 6.83. The Balaban J connectivity index is 2.36. The Morgan fingerprint density at radius 3 is 1.81 bits per heavy atom. The van der Waals surface area contributed by atoms with Crippen LogP contribution in [0.15, 0.2) is 61.2 Å². The van der Waals surface area contributed by atoms with Gasteiger partial charge in [0.2, 0.25) is 15.9 Å². The number of sulfonamides is 1. The summed E-state index contributed by atoms with van der Waals surface area (Å²) in [5.74, 6) is 0.499. The topological polar surface area (TPSA) is 98.9 Å². The molecule has 0 radical (unpaired) electrons. The number of nitrogens with zero attached hydrogens (tertiary/aromatic N) is 1. The van der Waals surface area contributed by atoms with Gasteiger partial charge in [0.25, 0.3) is 0 Å². The molecule has 1 atom stereocenters. The van der Waals surface area contributed by atoms with Crippen LogP contribution in [0.25, 0.3) is 0 Å². The molecule has 8 heteroatoms. The zero-order valence-electron chi connectivity index (χ0n) is 18.0. The second-order valence-corrected chi connectivity index (χ2v) is 9.24. The van der Waals surface area contributed by atoms with Gasteiger partial charge in [-0.15, -0.1) is 6.58 Å². The molecule has 0 bridgehead atoms. The predicted octanol–water partition coefficient (Wildman–Crippen LogP) is 3.25. The van der Waals surface area contributed by atoms with E-state index in [1.165, 1.54) is 4.31 Å². The van der Waals surface area contributed by atoms with Crippen molar-refractivity contribution in [1.29, 1.82) is 0 Å². The molecule has 0 heterocycles. The molecule has 0 saturated carbocycles. The van der Waals surface area contributed by atoms with Gasteiger partial charge in [0, 0.05) is 13.1 Å². The number of carbonyl (C=O) groups is 1. The summed E-state index contributed by atoms with van der Waals surface area (Å²) in [6.45, 7) is 3.84. The van der Waals surface area contributed by atoms with Gasteiger partial charge in [0.1, 0.15) is 11.5 Å². The largest absolute Gasteiger partial charge is 0.497 e. The Morgan fingerprint density at radius 2 is 1.45 bits per heavy atom. The number of hydrogen-bond acceptors (Lipinski definition) is 5. The molecular formula is C23H30N2O5S. The third-order valence-corrected chi connectivity index (χ3v) is 7.11. The summed E-state index contributed by atoms with van der Waals surface area (Å²) in [5, 5.41) is -1.30. The van der Waals surface area contributed by atoms with Crippen molar-refractivity contribution in [1.82, 2.24) is 4.31 Å². The van der Waals surface area contributed by atoms with Crippen LogP contribution in [0, 0.1) is 0 Å². The smallest absolute Gasteiger partial charge is 0.237 e. The standard InChI is InChI=1S/C23H30N2O5S/c1-4-5-6-7-22(23(24)26)31(27,28)25(16-18-8-12-20(29-2)13-9-18)17-19-10-14-21(30-3)15-11-19/h4,8-15,22H,1,5-7,16-17H2,2-3H3,(H2,24,26)/t22-/m0/s1. The highest BCUT2D eigenvalue weighted by Gasteiger charge is 2.36. The lowest BCUT2D eigenvalue weighted by molar-refractivity contribution is -0.117. The number of nitrogens with two attached hydrogens (primary N) is 1. The van der Waals surface area contributed by atoms with Crippen molar-refractivity contribution in [3.63, 3.8) is 0 Å².